The zero-order valence-electron chi connectivity index (χ0n) is 8.63. The van der Waals surface area contributed by atoms with E-state index in [1.54, 1.807) is 6.33 Å². The lowest BCUT2D eigenvalue weighted by Crippen LogP contribution is -2.18. The average Bonchev–Trinajstić information content (AvgIpc) is 2.84. The molecule has 1 aliphatic rings. The van der Waals surface area contributed by atoms with Gasteiger partial charge in [0.2, 0.25) is 0 Å². The highest BCUT2D eigenvalue weighted by molar-refractivity contribution is 5.68. The maximum Gasteiger partial charge on any atom is 0.278 e. The first-order valence-electron chi connectivity index (χ1n) is 5.35. The second-order valence-electron chi connectivity index (χ2n) is 4.12. The number of rotatable bonds is 1. The zero-order valence-corrected chi connectivity index (χ0v) is 8.63. The molecule has 0 radical (unpaired) electrons. The average molecular weight is 220 g/mol. The van der Waals surface area contributed by atoms with Gasteiger partial charge in [-0.2, -0.15) is 0 Å². The lowest BCUT2D eigenvalue weighted by atomic mass is 10.2. The summed E-state index contributed by atoms with van der Waals surface area (Å²) < 4.78 is 1.81. The molecule has 2 heterocycles. The number of hydrogen-bond donors (Lipinski definition) is 2. The molecule has 3 rings (SSSR count). The van der Waals surface area contributed by atoms with E-state index in [2.05, 4.69) is 15.0 Å². The number of hydrogen-bond acceptors (Lipinski definition) is 4. The third-order valence-electron chi connectivity index (χ3n) is 3.17. The molecular weight excluding hydrogens is 208 g/mol. The minimum Gasteiger partial charge on any atom is -0.391 e. The molecule has 6 heteroatoms. The van der Waals surface area contributed by atoms with Gasteiger partial charge in [0.05, 0.1) is 24.8 Å². The Bertz CT molecular complexity index is 573. The summed E-state index contributed by atoms with van der Waals surface area (Å²) in [5, 5.41) is 9.83. The molecule has 2 aromatic heterocycles. The quantitative estimate of drug-likeness (QED) is 0.719. The van der Waals surface area contributed by atoms with Gasteiger partial charge in [0, 0.05) is 0 Å². The SMILES string of the molecule is O=c1[nH]cnc2c1ncn2C1CCCC1O. The van der Waals surface area contributed by atoms with Crippen molar-refractivity contribution in [2.45, 2.75) is 31.4 Å². The van der Waals surface area contributed by atoms with Crippen molar-refractivity contribution in [2.24, 2.45) is 0 Å². The van der Waals surface area contributed by atoms with E-state index in [9.17, 15) is 9.90 Å². The molecule has 0 aliphatic heterocycles. The Morgan fingerprint density at radius 1 is 1.44 bits per heavy atom. The van der Waals surface area contributed by atoms with Crippen molar-refractivity contribution in [1.29, 1.82) is 0 Å². The summed E-state index contributed by atoms with van der Waals surface area (Å²) in [6.45, 7) is 0. The fraction of sp³-hybridized carbons (Fsp3) is 0.500. The fourth-order valence-corrected chi connectivity index (χ4v) is 2.35. The predicted octanol–water partition coefficient (Wildman–Crippen LogP) is 0.206. The number of aromatic amines is 1. The summed E-state index contributed by atoms with van der Waals surface area (Å²) in [7, 11) is 0. The molecule has 0 amide bonds. The van der Waals surface area contributed by atoms with Gasteiger partial charge in [-0.05, 0) is 19.3 Å². The van der Waals surface area contributed by atoms with Gasteiger partial charge >= 0.3 is 0 Å². The van der Waals surface area contributed by atoms with E-state index in [-0.39, 0.29) is 17.7 Å². The first-order valence-corrected chi connectivity index (χ1v) is 5.35. The van der Waals surface area contributed by atoms with Crippen molar-refractivity contribution in [3.63, 3.8) is 0 Å². The van der Waals surface area contributed by atoms with Crippen LogP contribution in [-0.4, -0.2) is 30.7 Å². The summed E-state index contributed by atoms with van der Waals surface area (Å²) in [4.78, 5) is 22.1. The Labute approximate surface area is 91.0 Å². The summed E-state index contributed by atoms with van der Waals surface area (Å²) in [6, 6.07) is -0.000648. The third kappa shape index (κ3) is 1.26. The Morgan fingerprint density at radius 2 is 2.31 bits per heavy atom. The highest BCUT2D eigenvalue weighted by Gasteiger charge is 2.28. The predicted molar refractivity (Wildman–Crippen MR) is 57.0 cm³/mol. The van der Waals surface area contributed by atoms with Crippen LogP contribution in [0, 0.1) is 0 Å². The van der Waals surface area contributed by atoms with Gasteiger partial charge in [-0.1, -0.05) is 0 Å². The molecule has 1 fully saturated rings. The maximum absolute atomic E-state index is 11.5. The molecule has 2 unspecified atom stereocenters. The standard InChI is InChI=1S/C10H12N4O2/c15-7-3-1-2-6(7)14-5-13-8-9(14)11-4-12-10(8)16/h4-7,15H,1-3H2,(H,11,12,16). The van der Waals surface area contributed by atoms with Crippen LogP contribution in [-0.2, 0) is 0 Å². The normalized spacial score (nSPS) is 25.3. The molecule has 0 bridgehead atoms. The number of aliphatic hydroxyl groups is 1. The van der Waals surface area contributed by atoms with Gasteiger partial charge in [0.1, 0.15) is 0 Å². The molecule has 0 spiro atoms. The van der Waals surface area contributed by atoms with Gasteiger partial charge < -0.3 is 14.7 Å². The molecule has 2 aromatic rings. The number of imidazole rings is 1. The number of aromatic nitrogens is 4. The highest BCUT2D eigenvalue weighted by atomic mass is 16.3. The molecule has 6 nitrogen and oxygen atoms in total. The van der Waals surface area contributed by atoms with E-state index in [4.69, 9.17) is 0 Å². The van der Waals surface area contributed by atoms with Crippen LogP contribution in [0.15, 0.2) is 17.4 Å². The van der Waals surface area contributed by atoms with E-state index in [1.165, 1.54) is 6.33 Å². The van der Waals surface area contributed by atoms with Crippen molar-refractivity contribution >= 4 is 11.2 Å². The summed E-state index contributed by atoms with van der Waals surface area (Å²) >= 11 is 0. The van der Waals surface area contributed by atoms with Crippen molar-refractivity contribution in [1.82, 2.24) is 19.5 Å². The highest BCUT2D eigenvalue weighted by Crippen LogP contribution is 2.31. The topological polar surface area (TPSA) is 83.8 Å². The van der Waals surface area contributed by atoms with Crippen molar-refractivity contribution in [2.75, 3.05) is 0 Å². The van der Waals surface area contributed by atoms with Crippen LogP contribution in [0.1, 0.15) is 25.3 Å². The molecular formula is C10H12N4O2. The Hall–Kier alpha value is -1.69. The van der Waals surface area contributed by atoms with Crippen LogP contribution in [0.25, 0.3) is 11.2 Å². The van der Waals surface area contributed by atoms with Crippen LogP contribution in [0.3, 0.4) is 0 Å². The van der Waals surface area contributed by atoms with Crippen molar-refractivity contribution < 1.29 is 5.11 Å². The van der Waals surface area contributed by atoms with Crippen molar-refractivity contribution in [3.05, 3.63) is 23.0 Å². The van der Waals surface area contributed by atoms with E-state index in [0.29, 0.717) is 11.2 Å². The number of H-pyrrole nitrogens is 1. The Kier molecular flexibility index (Phi) is 2.03. The monoisotopic (exact) mass is 220 g/mol. The van der Waals surface area contributed by atoms with E-state index in [0.717, 1.165) is 19.3 Å². The molecule has 0 saturated heterocycles. The van der Waals surface area contributed by atoms with Crippen LogP contribution < -0.4 is 5.56 Å². The molecule has 1 aliphatic carbocycles. The smallest absolute Gasteiger partial charge is 0.278 e. The van der Waals surface area contributed by atoms with Crippen LogP contribution >= 0.6 is 0 Å². The van der Waals surface area contributed by atoms with Crippen LogP contribution in [0.4, 0.5) is 0 Å². The van der Waals surface area contributed by atoms with Gasteiger partial charge in [0.25, 0.3) is 5.56 Å². The largest absolute Gasteiger partial charge is 0.391 e. The third-order valence-corrected chi connectivity index (χ3v) is 3.17. The number of nitrogens with one attached hydrogen (secondary N) is 1. The number of fused-ring (bicyclic) bond motifs is 1. The lowest BCUT2D eigenvalue weighted by Gasteiger charge is -2.15. The minimum atomic E-state index is -0.363. The number of nitrogens with zero attached hydrogens (tertiary/aromatic N) is 3. The van der Waals surface area contributed by atoms with E-state index in [1.807, 2.05) is 4.57 Å². The second-order valence-corrected chi connectivity index (χ2v) is 4.12. The van der Waals surface area contributed by atoms with Gasteiger partial charge in [-0.25, -0.2) is 9.97 Å². The molecule has 84 valence electrons. The molecule has 0 aromatic carbocycles. The number of aliphatic hydroxyl groups excluding tert-OH is 1. The van der Waals surface area contributed by atoms with E-state index < -0.39 is 0 Å². The summed E-state index contributed by atoms with van der Waals surface area (Å²) in [5.41, 5.74) is 0.646. The van der Waals surface area contributed by atoms with Crippen LogP contribution in [0.5, 0.6) is 0 Å². The Morgan fingerprint density at radius 3 is 3.06 bits per heavy atom. The molecule has 16 heavy (non-hydrogen) atoms. The zero-order chi connectivity index (χ0) is 11.1. The second kappa shape index (κ2) is 3.41. The maximum atomic E-state index is 11.5. The first-order chi connectivity index (χ1) is 7.77. The first kappa shape index (κ1) is 9.53. The summed E-state index contributed by atoms with van der Waals surface area (Å²) in [6.07, 6.45) is 5.29. The molecule has 1 saturated carbocycles. The lowest BCUT2D eigenvalue weighted by molar-refractivity contribution is 0.138. The molecule has 2 N–H and O–H groups in total. The minimum absolute atomic E-state index is 0.000648. The molecule has 2 atom stereocenters. The van der Waals surface area contributed by atoms with Crippen LogP contribution in [0.2, 0.25) is 0 Å². The van der Waals surface area contributed by atoms with E-state index >= 15 is 0 Å². The fourth-order valence-electron chi connectivity index (χ4n) is 2.35. The van der Waals surface area contributed by atoms with Crippen molar-refractivity contribution in [3.8, 4) is 0 Å². The van der Waals surface area contributed by atoms with Gasteiger partial charge in [-0.15, -0.1) is 0 Å². The Balaban J connectivity index is 2.18. The van der Waals surface area contributed by atoms with Gasteiger partial charge in [-0.3, -0.25) is 4.79 Å². The van der Waals surface area contributed by atoms with Gasteiger partial charge in [0.15, 0.2) is 11.2 Å². The summed E-state index contributed by atoms with van der Waals surface area (Å²) in [5.74, 6) is 0.